The van der Waals surface area contributed by atoms with Crippen LogP contribution < -0.4 is 15.5 Å². The van der Waals surface area contributed by atoms with Gasteiger partial charge in [0.25, 0.3) is 0 Å². The average molecular weight is 420 g/mol. The van der Waals surface area contributed by atoms with Gasteiger partial charge in [0.1, 0.15) is 18.0 Å². The predicted molar refractivity (Wildman–Crippen MR) is 106 cm³/mol. The largest absolute Gasteiger partial charge is 0.416 e. The second-order valence-corrected chi connectivity index (χ2v) is 7.69. The summed E-state index contributed by atoms with van der Waals surface area (Å²) in [4.78, 5) is 26.7. The normalized spacial score (nSPS) is 21.9. The van der Waals surface area contributed by atoms with Gasteiger partial charge in [0.2, 0.25) is 5.91 Å². The molecule has 10 heteroatoms. The molecule has 160 valence electrons. The number of piperazine rings is 1. The molecule has 30 heavy (non-hydrogen) atoms. The molecule has 0 aliphatic carbocycles. The lowest BCUT2D eigenvalue weighted by molar-refractivity contribution is -0.137. The van der Waals surface area contributed by atoms with Gasteiger partial charge in [0.15, 0.2) is 0 Å². The van der Waals surface area contributed by atoms with E-state index >= 15 is 0 Å². The van der Waals surface area contributed by atoms with E-state index in [4.69, 9.17) is 0 Å². The number of hydrogen-bond acceptors (Lipinski definition) is 6. The minimum absolute atomic E-state index is 0.0557. The molecule has 0 bridgehead atoms. The zero-order valence-electron chi connectivity index (χ0n) is 16.8. The van der Waals surface area contributed by atoms with E-state index in [-0.39, 0.29) is 35.8 Å². The number of amides is 1. The highest BCUT2D eigenvalue weighted by molar-refractivity contribution is 5.94. The molecule has 0 radical (unpaired) electrons. The van der Waals surface area contributed by atoms with Crippen molar-refractivity contribution < 1.29 is 18.0 Å². The van der Waals surface area contributed by atoms with Crippen LogP contribution in [0.25, 0.3) is 11.4 Å². The van der Waals surface area contributed by atoms with E-state index < -0.39 is 11.7 Å². The minimum atomic E-state index is -4.52. The molecule has 2 N–H and O–H groups in total. The fraction of sp³-hybridized carbons (Fsp3) is 0.500. The molecule has 1 amide bonds. The molecule has 2 aromatic heterocycles. The van der Waals surface area contributed by atoms with Gasteiger partial charge in [-0.15, -0.1) is 0 Å². The quantitative estimate of drug-likeness (QED) is 0.794. The van der Waals surface area contributed by atoms with Crippen molar-refractivity contribution in [3.05, 3.63) is 29.6 Å². The number of rotatable bonds is 3. The van der Waals surface area contributed by atoms with Gasteiger partial charge < -0.3 is 15.5 Å². The minimum Gasteiger partial charge on any atom is -0.351 e. The number of nitrogens with one attached hydrogen (secondary N) is 2. The first-order valence-corrected chi connectivity index (χ1v) is 9.99. The summed E-state index contributed by atoms with van der Waals surface area (Å²) in [5, 5.41) is 5.96. The Labute approximate surface area is 172 Å². The van der Waals surface area contributed by atoms with Gasteiger partial charge in [0, 0.05) is 37.7 Å². The molecular weight excluding hydrogens is 397 g/mol. The Bertz CT molecular complexity index is 964. The lowest BCUT2D eigenvalue weighted by Crippen LogP contribution is -2.51. The van der Waals surface area contributed by atoms with Crippen LogP contribution in [0.1, 0.15) is 43.7 Å². The summed E-state index contributed by atoms with van der Waals surface area (Å²) in [7, 11) is 0. The van der Waals surface area contributed by atoms with Crippen LogP contribution in [-0.2, 0) is 11.0 Å². The number of nitrogens with zero attached hydrogens (tertiary/aromatic N) is 4. The highest BCUT2D eigenvalue weighted by Gasteiger charge is 2.35. The van der Waals surface area contributed by atoms with E-state index in [1.54, 1.807) is 0 Å². The summed E-state index contributed by atoms with van der Waals surface area (Å²) >= 11 is 0. The molecule has 2 aliphatic rings. The van der Waals surface area contributed by atoms with Crippen molar-refractivity contribution >= 4 is 17.5 Å². The Kier molecular flexibility index (Phi) is 5.35. The third-order valence-electron chi connectivity index (χ3n) is 5.62. The van der Waals surface area contributed by atoms with Crippen LogP contribution in [-0.4, -0.2) is 46.5 Å². The molecule has 7 nitrogen and oxygen atoms in total. The van der Waals surface area contributed by atoms with Crippen LogP contribution >= 0.6 is 0 Å². The number of pyridine rings is 1. The Morgan fingerprint density at radius 2 is 2.07 bits per heavy atom. The van der Waals surface area contributed by atoms with E-state index in [1.165, 1.54) is 6.33 Å². The van der Waals surface area contributed by atoms with Gasteiger partial charge in [-0.3, -0.25) is 4.79 Å². The van der Waals surface area contributed by atoms with Crippen molar-refractivity contribution in [2.75, 3.05) is 29.9 Å². The molecule has 0 spiro atoms. The lowest BCUT2D eigenvalue weighted by Gasteiger charge is -2.37. The number of hydrogen-bond donors (Lipinski definition) is 2. The topological polar surface area (TPSA) is 83.0 Å². The van der Waals surface area contributed by atoms with Crippen molar-refractivity contribution in [2.24, 2.45) is 0 Å². The number of fused-ring (bicyclic) bond motifs is 1. The van der Waals surface area contributed by atoms with Gasteiger partial charge >= 0.3 is 6.18 Å². The smallest absolute Gasteiger partial charge is 0.351 e. The van der Waals surface area contributed by atoms with Crippen LogP contribution in [0, 0.1) is 0 Å². The molecule has 2 aromatic rings. The summed E-state index contributed by atoms with van der Waals surface area (Å²) in [5.41, 5.74) is 0.302. The van der Waals surface area contributed by atoms with E-state index in [9.17, 15) is 18.0 Å². The first-order chi connectivity index (χ1) is 14.3. The molecule has 2 aliphatic heterocycles. The first-order valence-electron chi connectivity index (χ1n) is 9.99. The highest BCUT2D eigenvalue weighted by Crippen LogP contribution is 2.39. The van der Waals surface area contributed by atoms with E-state index in [1.807, 2.05) is 18.7 Å². The zero-order chi connectivity index (χ0) is 21.5. The number of carbonyl (C=O) groups is 1. The number of anilines is 2. The fourth-order valence-corrected chi connectivity index (χ4v) is 4.10. The molecular formula is C20H23F3N6O. The van der Waals surface area contributed by atoms with Crippen LogP contribution in [0.15, 0.2) is 18.5 Å². The predicted octanol–water partition coefficient (Wildman–Crippen LogP) is 3.19. The van der Waals surface area contributed by atoms with Crippen LogP contribution in [0.3, 0.4) is 0 Å². The monoisotopic (exact) mass is 420 g/mol. The van der Waals surface area contributed by atoms with E-state index in [0.29, 0.717) is 36.7 Å². The maximum absolute atomic E-state index is 13.7. The average Bonchev–Trinajstić information content (AvgIpc) is 2.72. The molecule has 1 saturated heterocycles. The highest BCUT2D eigenvalue weighted by atomic mass is 19.4. The third-order valence-corrected chi connectivity index (χ3v) is 5.62. The molecule has 0 saturated carbocycles. The summed E-state index contributed by atoms with van der Waals surface area (Å²) in [6.07, 6.45) is -2.27. The van der Waals surface area contributed by atoms with E-state index in [0.717, 1.165) is 18.6 Å². The molecule has 2 atom stereocenters. The SMILES string of the molecule is CC[C@@H]1CNCCN1c1cc(C(F)(F)F)cc(-c2ncnc3c2[C@H](C)CC(=O)N3)n1. The third kappa shape index (κ3) is 3.83. The Morgan fingerprint density at radius 3 is 2.80 bits per heavy atom. The molecule has 4 heterocycles. The summed E-state index contributed by atoms with van der Waals surface area (Å²) in [6.45, 7) is 5.78. The Hall–Kier alpha value is -2.75. The summed E-state index contributed by atoms with van der Waals surface area (Å²) in [5.74, 6) is 0.211. The second-order valence-electron chi connectivity index (χ2n) is 7.69. The van der Waals surface area contributed by atoms with Gasteiger partial charge in [-0.05, 0) is 24.5 Å². The van der Waals surface area contributed by atoms with Gasteiger partial charge in [-0.2, -0.15) is 13.2 Å². The second kappa shape index (κ2) is 7.82. The first kappa shape index (κ1) is 20.5. The van der Waals surface area contributed by atoms with E-state index in [2.05, 4.69) is 25.6 Å². The van der Waals surface area contributed by atoms with Crippen LogP contribution in [0.5, 0.6) is 0 Å². The number of halogens is 3. The van der Waals surface area contributed by atoms with Crippen molar-refractivity contribution in [3.63, 3.8) is 0 Å². The van der Waals surface area contributed by atoms with Gasteiger partial charge in [0.05, 0.1) is 17.0 Å². The van der Waals surface area contributed by atoms with Crippen molar-refractivity contribution in [2.45, 2.75) is 44.8 Å². The van der Waals surface area contributed by atoms with Crippen molar-refractivity contribution in [1.82, 2.24) is 20.3 Å². The Balaban J connectivity index is 1.87. The van der Waals surface area contributed by atoms with Gasteiger partial charge in [-0.1, -0.05) is 13.8 Å². The van der Waals surface area contributed by atoms with Gasteiger partial charge in [-0.25, -0.2) is 15.0 Å². The molecule has 0 aromatic carbocycles. The number of alkyl halides is 3. The lowest BCUT2D eigenvalue weighted by atomic mass is 9.91. The number of carbonyl (C=O) groups excluding carboxylic acids is 1. The van der Waals surface area contributed by atoms with Crippen LogP contribution in [0.4, 0.5) is 24.8 Å². The molecule has 0 unspecified atom stereocenters. The van der Waals surface area contributed by atoms with Crippen molar-refractivity contribution in [1.29, 1.82) is 0 Å². The summed E-state index contributed by atoms with van der Waals surface area (Å²) in [6, 6.07) is 2.19. The van der Waals surface area contributed by atoms with Crippen LogP contribution in [0.2, 0.25) is 0 Å². The number of aromatic nitrogens is 3. The maximum atomic E-state index is 13.7. The maximum Gasteiger partial charge on any atom is 0.416 e. The molecule has 4 rings (SSSR count). The zero-order valence-corrected chi connectivity index (χ0v) is 16.8. The van der Waals surface area contributed by atoms with Crippen molar-refractivity contribution in [3.8, 4) is 11.4 Å². The Morgan fingerprint density at radius 1 is 1.27 bits per heavy atom. The summed E-state index contributed by atoms with van der Waals surface area (Å²) < 4.78 is 41.2. The fourth-order valence-electron chi connectivity index (χ4n) is 4.10. The molecule has 1 fully saturated rings. The standard InChI is InChI=1S/C20H23F3N6O/c1-3-13-9-24-4-5-29(13)15-8-12(20(21,22)23)7-14(27-15)18-17-11(2)6-16(30)28-19(17)26-10-25-18/h7-8,10-11,13,24H,3-6,9H2,1-2H3,(H,25,26,28,30)/t11-,13-/m1/s1.